The first-order chi connectivity index (χ1) is 8.16. The predicted molar refractivity (Wildman–Crippen MR) is 69.5 cm³/mol. The molecule has 2 rings (SSSR count). The number of hydrogen-bond acceptors (Lipinski definition) is 3. The SMILES string of the molecule is Cc1nc(C(=O)NCc2ccccc2Cl)cs1. The van der Waals surface area contributed by atoms with Gasteiger partial charge in [0.15, 0.2) is 0 Å². The van der Waals surface area contributed by atoms with Gasteiger partial charge in [-0.15, -0.1) is 11.3 Å². The van der Waals surface area contributed by atoms with E-state index >= 15 is 0 Å². The van der Waals surface area contributed by atoms with Crippen molar-refractivity contribution in [2.24, 2.45) is 0 Å². The first kappa shape index (κ1) is 12.1. The van der Waals surface area contributed by atoms with Crippen molar-refractivity contribution in [3.63, 3.8) is 0 Å². The van der Waals surface area contributed by atoms with Crippen molar-refractivity contribution in [2.45, 2.75) is 13.5 Å². The monoisotopic (exact) mass is 266 g/mol. The minimum Gasteiger partial charge on any atom is -0.347 e. The van der Waals surface area contributed by atoms with E-state index in [4.69, 9.17) is 11.6 Å². The zero-order chi connectivity index (χ0) is 12.3. The second-order valence-electron chi connectivity index (χ2n) is 3.53. The number of carbonyl (C=O) groups excluding carboxylic acids is 1. The quantitative estimate of drug-likeness (QED) is 0.928. The third-order valence-corrected chi connectivity index (χ3v) is 3.39. The number of nitrogens with one attached hydrogen (secondary N) is 1. The van der Waals surface area contributed by atoms with Crippen LogP contribution in [0.1, 0.15) is 21.1 Å². The average molecular weight is 267 g/mol. The topological polar surface area (TPSA) is 42.0 Å². The van der Waals surface area contributed by atoms with Gasteiger partial charge in [0.05, 0.1) is 5.01 Å². The molecule has 0 saturated carbocycles. The maximum absolute atomic E-state index is 11.7. The first-order valence-corrected chi connectivity index (χ1v) is 6.36. The Labute approximate surface area is 108 Å². The fourth-order valence-corrected chi connectivity index (χ4v) is 2.17. The molecule has 0 fully saturated rings. The predicted octanol–water partition coefficient (Wildman–Crippen LogP) is 3.03. The zero-order valence-corrected chi connectivity index (χ0v) is 10.8. The summed E-state index contributed by atoms with van der Waals surface area (Å²) >= 11 is 7.45. The van der Waals surface area contributed by atoms with Crippen LogP contribution in [0.2, 0.25) is 5.02 Å². The van der Waals surface area contributed by atoms with Gasteiger partial charge in [0, 0.05) is 16.9 Å². The molecular formula is C12H11ClN2OS. The lowest BCUT2D eigenvalue weighted by Crippen LogP contribution is -2.23. The largest absolute Gasteiger partial charge is 0.347 e. The number of aryl methyl sites for hydroxylation is 1. The molecule has 0 radical (unpaired) electrons. The summed E-state index contributed by atoms with van der Waals surface area (Å²) in [5.74, 6) is -0.172. The van der Waals surface area contributed by atoms with Gasteiger partial charge in [-0.25, -0.2) is 4.98 Å². The number of carbonyl (C=O) groups is 1. The number of halogens is 1. The van der Waals surface area contributed by atoms with E-state index in [1.165, 1.54) is 11.3 Å². The number of benzene rings is 1. The highest BCUT2D eigenvalue weighted by Gasteiger charge is 2.09. The van der Waals surface area contributed by atoms with Crippen LogP contribution in [0.5, 0.6) is 0 Å². The van der Waals surface area contributed by atoms with E-state index < -0.39 is 0 Å². The van der Waals surface area contributed by atoms with Gasteiger partial charge in [-0.1, -0.05) is 29.8 Å². The van der Waals surface area contributed by atoms with E-state index in [-0.39, 0.29) is 5.91 Å². The number of rotatable bonds is 3. The van der Waals surface area contributed by atoms with E-state index in [2.05, 4.69) is 10.3 Å². The Morgan fingerprint density at radius 2 is 2.24 bits per heavy atom. The lowest BCUT2D eigenvalue weighted by molar-refractivity contribution is 0.0946. The summed E-state index contributed by atoms with van der Waals surface area (Å²) in [5, 5.41) is 6.07. The van der Waals surface area contributed by atoms with E-state index in [0.29, 0.717) is 17.3 Å². The average Bonchev–Trinajstić information content (AvgIpc) is 2.74. The van der Waals surface area contributed by atoms with Crippen molar-refractivity contribution in [2.75, 3.05) is 0 Å². The molecule has 2 aromatic rings. The van der Waals surface area contributed by atoms with E-state index in [1.807, 2.05) is 25.1 Å². The summed E-state index contributed by atoms with van der Waals surface area (Å²) in [7, 11) is 0. The van der Waals surface area contributed by atoms with Gasteiger partial charge in [-0.2, -0.15) is 0 Å². The standard InChI is InChI=1S/C12H11ClN2OS/c1-8-15-11(7-17-8)12(16)14-6-9-4-2-3-5-10(9)13/h2-5,7H,6H2,1H3,(H,14,16). The normalized spacial score (nSPS) is 10.2. The third-order valence-electron chi connectivity index (χ3n) is 2.25. The molecular weight excluding hydrogens is 256 g/mol. The molecule has 0 atom stereocenters. The Morgan fingerprint density at radius 1 is 1.47 bits per heavy atom. The number of thiazole rings is 1. The van der Waals surface area contributed by atoms with E-state index in [9.17, 15) is 4.79 Å². The van der Waals surface area contributed by atoms with Crippen LogP contribution in [0.3, 0.4) is 0 Å². The summed E-state index contributed by atoms with van der Waals surface area (Å²) in [5.41, 5.74) is 1.36. The summed E-state index contributed by atoms with van der Waals surface area (Å²) in [4.78, 5) is 15.9. The number of hydrogen-bond donors (Lipinski definition) is 1. The maximum Gasteiger partial charge on any atom is 0.271 e. The van der Waals surface area contributed by atoms with Crippen LogP contribution >= 0.6 is 22.9 Å². The Morgan fingerprint density at radius 3 is 2.88 bits per heavy atom. The van der Waals surface area contributed by atoms with Gasteiger partial charge in [-0.3, -0.25) is 4.79 Å². The molecule has 1 aromatic heterocycles. The van der Waals surface area contributed by atoms with E-state index in [1.54, 1.807) is 11.4 Å². The van der Waals surface area contributed by atoms with Gasteiger partial charge >= 0.3 is 0 Å². The van der Waals surface area contributed by atoms with Crippen molar-refractivity contribution in [3.8, 4) is 0 Å². The summed E-state index contributed by atoms with van der Waals surface area (Å²) in [6.45, 7) is 2.28. The molecule has 0 aliphatic rings. The fraction of sp³-hybridized carbons (Fsp3) is 0.167. The summed E-state index contributed by atoms with van der Waals surface area (Å²) in [6.07, 6.45) is 0. The van der Waals surface area contributed by atoms with E-state index in [0.717, 1.165) is 10.6 Å². The van der Waals surface area contributed by atoms with Crippen molar-refractivity contribution >= 4 is 28.8 Å². The second-order valence-corrected chi connectivity index (χ2v) is 5.00. The van der Waals surface area contributed by atoms with Crippen molar-refractivity contribution < 1.29 is 4.79 Å². The molecule has 1 heterocycles. The van der Waals surface area contributed by atoms with Crippen LogP contribution in [-0.4, -0.2) is 10.9 Å². The van der Waals surface area contributed by atoms with Crippen LogP contribution < -0.4 is 5.32 Å². The Balaban J connectivity index is 1.99. The third kappa shape index (κ3) is 3.05. The molecule has 0 saturated heterocycles. The van der Waals surface area contributed by atoms with Gasteiger partial charge in [0.1, 0.15) is 5.69 Å². The molecule has 1 aromatic carbocycles. The second kappa shape index (κ2) is 5.29. The highest BCUT2D eigenvalue weighted by Crippen LogP contribution is 2.14. The highest BCUT2D eigenvalue weighted by molar-refractivity contribution is 7.09. The molecule has 17 heavy (non-hydrogen) atoms. The molecule has 0 unspecified atom stereocenters. The summed E-state index contributed by atoms with van der Waals surface area (Å²) < 4.78 is 0. The summed E-state index contributed by atoms with van der Waals surface area (Å²) in [6, 6.07) is 7.43. The van der Waals surface area contributed by atoms with Crippen molar-refractivity contribution in [1.29, 1.82) is 0 Å². The van der Waals surface area contributed by atoms with Crippen LogP contribution in [0, 0.1) is 6.92 Å². The molecule has 0 aliphatic heterocycles. The van der Waals surface area contributed by atoms with Crippen LogP contribution in [0.4, 0.5) is 0 Å². The van der Waals surface area contributed by atoms with Crippen molar-refractivity contribution in [1.82, 2.24) is 10.3 Å². The minimum atomic E-state index is -0.172. The van der Waals surface area contributed by atoms with Crippen molar-refractivity contribution in [3.05, 3.63) is 50.9 Å². The zero-order valence-electron chi connectivity index (χ0n) is 9.24. The van der Waals surface area contributed by atoms with Crippen LogP contribution in [-0.2, 0) is 6.54 Å². The Bertz CT molecular complexity index is 539. The molecule has 3 nitrogen and oxygen atoms in total. The molecule has 0 aliphatic carbocycles. The fourth-order valence-electron chi connectivity index (χ4n) is 1.38. The van der Waals surface area contributed by atoms with Gasteiger partial charge in [0.2, 0.25) is 0 Å². The molecule has 1 N–H and O–H groups in total. The molecule has 0 bridgehead atoms. The molecule has 0 spiro atoms. The van der Waals surface area contributed by atoms with Crippen LogP contribution in [0.25, 0.3) is 0 Å². The molecule has 88 valence electrons. The Kier molecular flexibility index (Phi) is 3.76. The van der Waals surface area contributed by atoms with Gasteiger partial charge in [0.25, 0.3) is 5.91 Å². The molecule has 1 amide bonds. The van der Waals surface area contributed by atoms with Crippen LogP contribution in [0.15, 0.2) is 29.6 Å². The van der Waals surface area contributed by atoms with Gasteiger partial charge < -0.3 is 5.32 Å². The lowest BCUT2D eigenvalue weighted by Gasteiger charge is -2.05. The molecule has 5 heteroatoms. The number of nitrogens with zero attached hydrogens (tertiary/aromatic N) is 1. The number of aromatic nitrogens is 1. The number of amides is 1. The highest BCUT2D eigenvalue weighted by atomic mass is 35.5. The van der Waals surface area contributed by atoms with Gasteiger partial charge in [-0.05, 0) is 18.6 Å². The first-order valence-electron chi connectivity index (χ1n) is 5.10. The Hall–Kier alpha value is -1.39. The minimum absolute atomic E-state index is 0.172. The smallest absolute Gasteiger partial charge is 0.271 e. The lowest BCUT2D eigenvalue weighted by atomic mass is 10.2. The maximum atomic E-state index is 11.7.